The molecule has 0 aliphatic heterocycles. The number of ether oxygens (including phenoxy) is 1. The van der Waals surface area contributed by atoms with Crippen molar-refractivity contribution in [3.05, 3.63) is 52.1 Å². The molecule has 134 valence electrons. The Morgan fingerprint density at radius 3 is 2.65 bits per heavy atom. The van der Waals surface area contributed by atoms with Gasteiger partial charge < -0.3 is 20.0 Å². The van der Waals surface area contributed by atoms with E-state index in [-0.39, 0.29) is 5.95 Å². The molecule has 0 aliphatic rings. The number of halogens is 1. The highest BCUT2D eigenvalue weighted by Crippen LogP contribution is 2.24. The molecule has 0 saturated carbocycles. The molecule has 0 aliphatic carbocycles. The first kappa shape index (κ1) is 17.9. The third-order valence-electron chi connectivity index (χ3n) is 3.73. The Bertz CT molecular complexity index is 965. The summed E-state index contributed by atoms with van der Waals surface area (Å²) in [5.74, 6) is -0.370. The van der Waals surface area contributed by atoms with Gasteiger partial charge in [-0.25, -0.2) is 9.78 Å². The Morgan fingerprint density at radius 2 is 2.00 bits per heavy atom. The van der Waals surface area contributed by atoms with E-state index in [9.17, 15) is 10.0 Å². The second kappa shape index (κ2) is 7.12. The average molecular weight is 419 g/mol. The number of anilines is 2. The average Bonchev–Trinajstić information content (AvgIpc) is 2.62. The van der Waals surface area contributed by atoms with Crippen LogP contribution < -0.4 is 14.5 Å². The molecule has 1 unspecified atom stereocenters. The van der Waals surface area contributed by atoms with Crippen LogP contribution >= 0.6 is 15.9 Å². The van der Waals surface area contributed by atoms with Gasteiger partial charge in [0.05, 0.1) is 5.10 Å². The number of fused-ring (bicyclic) bond motifs is 1. The van der Waals surface area contributed by atoms with Crippen molar-refractivity contribution in [1.82, 2.24) is 10.1 Å². The number of carboxylic acids is 1. The van der Waals surface area contributed by atoms with Crippen molar-refractivity contribution in [1.29, 1.82) is 0 Å². The van der Waals surface area contributed by atoms with Gasteiger partial charge >= 0.3 is 5.97 Å². The Labute approximate surface area is 157 Å². The molecule has 1 atom stereocenters. The van der Waals surface area contributed by atoms with Crippen LogP contribution in [0, 0.1) is 5.21 Å². The topological polar surface area (TPSA) is 102 Å². The minimum atomic E-state index is -1.04. The minimum Gasteiger partial charge on any atom is -0.594 e. The van der Waals surface area contributed by atoms with E-state index in [0.29, 0.717) is 21.6 Å². The quantitative estimate of drug-likeness (QED) is 0.501. The van der Waals surface area contributed by atoms with Crippen LogP contribution in [0.2, 0.25) is 0 Å². The van der Waals surface area contributed by atoms with E-state index in [1.807, 2.05) is 0 Å². The van der Waals surface area contributed by atoms with Gasteiger partial charge in [0.25, 0.3) is 11.5 Å². The van der Waals surface area contributed by atoms with Crippen molar-refractivity contribution >= 4 is 44.6 Å². The van der Waals surface area contributed by atoms with Crippen molar-refractivity contribution in [2.45, 2.75) is 13.0 Å². The number of carboxylic acid groups (broad SMARTS) is 1. The molecule has 0 spiro atoms. The van der Waals surface area contributed by atoms with Crippen LogP contribution in [0.4, 0.5) is 11.6 Å². The molecule has 2 aromatic carbocycles. The minimum absolute atomic E-state index is 0.238. The normalized spacial score (nSPS) is 12.0. The summed E-state index contributed by atoms with van der Waals surface area (Å²) in [4.78, 5) is 17.4. The van der Waals surface area contributed by atoms with E-state index < -0.39 is 12.1 Å². The highest BCUT2D eigenvalue weighted by atomic mass is 79.9. The summed E-state index contributed by atoms with van der Waals surface area (Å²) in [6.45, 7) is 1.46. The summed E-state index contributed by atoms with van der Waals surface area (Å²) in [5, 5.41) is 25.0. The van der Waals surface area contributed by atoms with Crippen LogP contribution in [-0.2, 0) is 4.79 Å². The fourth-order valence-corrected chi connectivity index (χ4v) is 2.62. The maximum absolute atomic E-state index is 12.2. The molecule has 1 aromatic heterocycles. The third kappa shape index (κ3) is 3.67. The number of aliphatic carboxylic acids is 1. The van der Waals surface area contributed by atoms with Gasteiger partial charge in [0.2, 0.25) is 0 Å². The van der Waals surface area contributed by atoms with E-state index in [4.69, 9.17) is 9.84 Å². The summed E-state index contributed by atoms with van der Waals surface area (Å²) in [7, 11) is 1.73. The summed E-state index contributed by atoms with van der Waals surface area (Å²) in [6.07, 6.45) is -0.943. The first-order chi connectivity index (χ1) is 12.3. The number of benzene rings is 2. The Balaban J connectivity index is 1.87. The third-order valence-corrected chi connectivity index (χ3v) is 4.22. The van der Waals surface area contributed by atoms with Crippen molar-refractivity contribution in [2.24, 2.45) is 0 Å². The van der Waals surface area contributed by atoms with Crippen molar-refractivity contribution in [3.8, 4) is 5.75 Å². The standard InChI is InChI=1S/C17H15BrN4O4/c1-10(16(23)24)26-13-6-4-12(5-7-13)21(2)17-19-14-8-3-11(18)9-15(14)22(25)20-17/h3-10H,1-2H3,(H,23,24). The smallest absolute Gasteiger partial charge is 0.344 e. The predicted octanol–water partition coefficient (Wildman–Crippen LogP) is 2.65. The molecule has 3 rings (SSSR count). The van der Waals surface area contributed by atoms with Crippen molar-refractivity contribution in [2.75, 3.05) is 11.9 Å². The van der Waals surface area contributed by atoms with Crippen molar-refractivity contribution in [3.63, 3.8) is 0 Å². The fourth-order valence-electron chi connectivity index (χ4n) is 2.27. The van der Waals surface area contributed by atoms with E-state index in [2.05, 4.69) is 26.0 Å². The SMILES string of the molecule is CC(Oc1ccc(N(C)c2nc3ccc(Br)cc3[n+]([O-])n2)cc1)C(=O)O. The monoisotopic (exact) mass is 418 g/mol. The van der Waals surface area contributed by atoms with Crippen LogP contribution in [0.15, 0.2) is 46.9 Å². The Kier molecular flexibility index (Phi) is 4.90. The van der Waals surface area contributed by atoms with E-state index in [0.717, 1.165) is 10.2 Å². The lowest BCUT2D eigenvalue weighted by atomic mass is 10.3. The highest BCUT2D eigenvalue weighted by Gasteiger charge is 2.17. The van der Waals surface area contributed by atoms with Crippen LogP contribution in [0.1, 0.15) is 6.92 Å². The van der Waals surface area contributed by atoms with Gasteiger partial charge in [-0.15, -0.1) is 0 Å². The molecular weight excluding hydrogens is 404 g/mol. The number of nitrogens with zero attached hydrogens (tertiary/aromatic N) is 4. The number of hydrogen-bond donors (Lipinski definition) is 1. The van der Waals surface area contributed by atoms with Gasteiger partial charge in [-0.05, 0) is 48.2 Å². The van der Waals surface area contributed by atoms with Gasteiger partial charge in [0.1, 0.15) is 11.3 Å². The summed E-state index contributed by atoms with van der Waals surface area (Å²) >= 11 is 3.32. The molecule has 3 aromatic rings. The van der Waals surface area contributed by atoms with Crippen LogP contribution in [0.3, 0.4) is 0 Å². The van der Waals surface area contributed by atoms with Gasteiger partial charge in [0.15, 0.2) is 6.10 Å². The van der Waals surface area contributed by atoms with E-state index in [1.165, 1.54) is 6.92 Å². The lowest BCUT2D eigenvalue weighted by Gasteiger charge is -2.17. The second-order valence-electron chi connectivity index (χ2n) is 5.57. The first-order valence-electron chi connectivity index (χ1n) is 7.65. The van der Waals surface area contributed by atoms with Crippen LogP contribution in [-0.4, -0.2) is 34.3 Å². The van der Waals surface area contributed by atoms with Crippen molar-refractivity contribution < 1.29 is 19.5 Å². The molecular formula is C17H15BrN4O4. The highest BCUT2D eigenvalue weighted by molar-refractivity contribution is 9.10. The zero-order valence-electron chi connectivity index (χ0n) is 14.0. The van der Waals surface area contributed by atoms with Crippen LogP contribution in [0.25, 0.3) is 11.0 Å². The molecule has 9 heteroatoms. The predicted molar refractivity (Wildman–Crippen MR) is 98.4 cm³/mol. The zero-order valence-corrected chi connectivity index (χ0v) is 15.5. The van der Waals surface area contributed by atoms with E-state index >= 15 is 0 Å². The van der Waals surface area contributed by atoms with Crippen LogP contribution in [0.5, 0.6) is 5.75 Å². The molecule has 0 fully saturated rings. The zero-order chi connectivity index (χ0) is 18.8. The molecule has 0 radical (unpaired) electrons. The largest absolute Gasteiger partial charge is 0.594 e. The maximum atomic E-state index is 12.2. The second-order valence-corrected chi connectivity index (χ2v) is 6.48. The molecule has 0 saturated heterocycles. The molecule has 1 N–H and O–H groups in total. The molecule has 0 amide bonds. The lowest BCUT2D eigenvalue weighted by molar-refractivity contribution is -0.641. The molecule has 8 nitrogen and oxygen atoms in total. The number of aromatic nitrogens is 3. The summed E-state index contributed by atoms with van der Waals surface area (Å²) in [6, 6.07) is 11.9. The molecule has 0 bridgehead atoms. The first-order valence-corrected chi connectivity index (χ1v) is 8.45. The Hall–Kier alpha value is -2.94. The van der Waals surface area contributed by atoms with Gasteiger partial charge in [-0.3, -0.25) is 0 Å². The van der Waals surface area contributed by atoms with Gasteiger partial charge in [-0.1, -0.05) is 15.9 Å². The molecule has 1 heterocycles. The fraction of sp³-hybridized carbons (Fsp3) is 0.176. The van der Waals surface area contributed by atoms with Gasteiger partial charge in [0, 0.05) is 23.3 Å². The lowest BCUT2D eigenvalue weighted by Crippen LogP contribution is -2.34. The summed E-state index contributed by atoms with van der Waals surface area (Å²) in [5.41, 5.74) is 1.61. The number of carbonyl (C=O) groups is 1. The number of rotatable bonds is 5. The summed E-state index contributed by atoms with van der Waals surface area (Å²) < 4.78 is 6.07. The molecule has 26 heavy (non-hydrogen) atoms. The number of hydrogen-bond acceptors (Lipinski definition) is 6. The maximum Gasteiger partial charge on any atom is 0.344 e. The van der Waals surface area contributed by atoms with E-state index in [1.54, 1.807) is 54.4 Å². The Morgan fingerprint density at radius 1 is 1.31 bits per heavy atom. The van der Waals surface area contributed by atoms with Gasteiger partial charge in [-0.2, -0.15) is 0 Å².